The van der Waals surface area contributed by atoms with Crippen LogP contribution in [-0.2, 0) is 0 Å². The molecule has 0 atom stereocenters. The van der Waals surface area contributed by atoms with E-state index >= 15 is 0 Å². The van der Waals surface area contributed by atoms with Crippen LogP contribution in [0.5, 0.6) is 0 Å². The molecule has 1 N–H and O–H groups in total. The van der Waals surface area contributed by atoms with Gasteiger partial charge in [-0.3, -0.25) is 4.40 Å². The topological polar surface area (TPSA) is 68.0 Å². The van der Waals surface area contributed by atoms with Crippen LogP contribution < -0.4 is 5.32 Å². The van der Waals surface area contributed by atoms with Crippen molar-refractivity contribution in [2.75, 3.05) is 5.32 Å². The van der Waals surface area contributed by atoms with Crippen LogP contribution in [-0.4, -0.2) is 24.3 Å². The first-order valence-corrected chi connectivity index (χ1v) is 6.93. The summed E-state index contributed by atoms with van der Waals surface area (Å²) in [5, 5.41) is 2.99. The van der Waals surface area contributed by atoms with Gasteiger partial charge in [-0.2, -0.15) is 0 Å². The van der Waals surface area contributed by atoms with Crippen LogP contribution in [0, 0.1) is 5.82 Å². The molecule has 0 aliphatic rings. The first-order chi connectivity index (χ1) is 11.3. The smallest absolute Gasteiger partial charge is 0.233 e. The summed E-state index contributed by atoms with van der Waals surface area (Å²) < 4.78 is 15.1. The zero-order chi connectivity index (χ0) is 15.6. The van der Waals surface area contributed by atoms with E-state index in [0.29, 0.717) is 23.1 Å². The summed E-state index contributed by atoms with van der Waals surface area (Å²) in [6.07, 6.45) is 8.74. The molecule has 6 nitrogen and oxygen atoms in total. The van der Waals surface area contributed by atoms with E-state index in [4.69, 9.17) is 0 Å². The van der Waals surface area contributed by atoms with Gasteiger partial charge in [-0.05, 0) is 24.3 Å². The monoisotopic (exact) mass is 306 g/mol. The van der Waals surface area contributed by atoms with Gasteiger partial charge in [0.15, 0.2) is 0 Å². The predicted octanol–water partition coefficient (Wildman–Crippen LogP) is 3.07. The third-order valence-electron chi connectivity index (χ3n) is 3.28. The Morgan fingerprint density at radius 3 is 2.91 bits per heavy atom. The zero-order valence-electron chi connectivity index (χ0n) is 11.9. The minimum atomic E-state index is -0.319. The second-order valence-corrected chi connectivity index (χ2v) is 4.88. The molecule has 7 heteroatoms. The predicted molar refractivity (Wildman–Crippen MR) is 83.7 cm³/mol. The molecule has 0 saturated carbocycles. The van der Waals surface area contributed by atoms with E-state index in [9.17, 15) is 4.39 Å². The van der Waals surface area contributed by atoms with Crippen LogP contribution in [0.25, 0.3) is 17.0 Å². The van der Waals surface area contributed by atoms with Crippen molar-refractivity contribution in [3.63, 3.8) is 0 Å². The second kappa shape index (κ2) is 5.45. The third-order valence-corrected chi connectivity index (χ3v) is 3.28. The Balaban J connectivity index is 1.67. The molecule has 0 aliphatic heterocycles. The third kappa shape index (κ3) is 2.71. The molecule has 0 saturated heterocycles. The van der Waals surface area contributed by atoms with Gasteiger partial charge in [0.1, 0.15) is 5.82 Å². The quantitative estimate of drug-likeness (QED) is 0.630. The highest BCUT2D eigenvalue weighted by Gasteiger charge is 2.05. The fourth-order valence-corrected chi connectivity index (χ4v) is 2.22. The summed E-state index contributed by atoms with van der Waals surface area (Å²) >= 11 is 0. The molecule has 4 aromatic rings. The minimum Gasteiger partial charge on any atom is -0.324 e. The Labute approximate surface area is 130 Å². The average molecular weight is 306 g/mol. The van der Waals surface area contributed by atoms with E-state index < -0.39 is 0 Å². The molecule has 0 fully saturated rings. The van der Waals surface area contributed by atoms with E-state index in [1.807, 2.05) is 16.8 Å². The minimum absolute atomic E-state index is 0.319. The molecule has 0 unspecified atom stereocenters. The lowest BCUT2D eigenvalue weighted by molar-refractivity contribution is 0.628. The molecular weight excluding hydrogens is 295 g/mol. The number of nitrogens with zero attached hydrogens (tertiary/aromatic N) is 5. The maximum Gasteiger partial charge on any atom is 0.233 e. The number of rotatable bonds is 3. The van der Waals surface area contributed by atoms with Crippen molar-refractivity contribution in [2.24, 2.45) is 0 Å². The molecule has 0 spiro atoms. The van der Waals surface area contributed by atoms with Gasteiger partial charge in [0.25, 0.3) is 0 Å². The number of fused-ring (bicyclic) bond motifs is 1. The van der Waals surface area contributed by atoms with Gasteiger partial charge in [0.05, 0.1) is 5.69 Å². The summed E-state index contributed by atoms with van der Waals surface area (Å²) in [6.45, 7) is 0. The highest BCUT2D eigenvalue weighted by molar-refractivity contribution is 5.61. The summed E-state index contributed by atoms with van der Waals surface area (Å²) in [5.74, 6) is 0.695. The fraction of sp³-hybridized carbons (Fsp3) is 0. The first kappa shape index (κ1) is 13.3. The Kier molecular flexibility index (Phi) is 3.16. The van der Waals surface area contributed by atoms with E-state index in [1.165, 1.54) is 12.1 Å². The highest BCUT2D eigenvalue weighted by atomic mass is 19.1. The van der Waals surface area contributed by atoms with Crippen molar-refractivity contribution in [3.05, 3.63) is 67.1 Å². The van der Waals surface area contributed by atoms with Crippen LogP contribution in [0.15, 0.2) is 61.3 Å². The Bertz CT molecular complexity index is 981. The van der Waals surface area contributed by atoms with Crippen molar-refractivity contribution in [2.45, 2.75) is 0 Å². The molecule has 0 aliphatic carbocycles. The van der Waals surface area contributed by atoms with E-state index in [0.717, 1.165) is 5.56 Å². The van der Waals surface area contributed by atoms with Crippen molar-refractivity contribution in [1.82, 2.24) is 24.3 Å². The van der Waals surface area contributed by atoms with Crippen LogP contribution in [0.3, 0.4) is 0 Å². The van der Waals surface area contributed by atoms with Gasteiger partial charge in [-0.15, -0.1) is 0 Å². The number of halogens is 1. The number of benzene rings is 1. The SMILES string of the molecule is Fc1cccc(Nc2nccc(-c3cnc4nccn4c3)n2)c1. The van der Waals surface area contributed by atoms with Crippen LogP contribution in [0.4, 0.5) is 16.0 Å². The van der Waals surface area contributed by atoms with Gasteiger partial charge in [0.2, 0.25) is 11.7 Å². The lowest BCUT2D eigenvalue weighted by Crippen LogP contribution is -1.99. The van der Waals surface area contributed by atoms with Gasteiger partial charge >= 0.3 is 0 Å². The Hall–Kier alpha value is -3.35. The molecule has 0 radical (unpaired) electrons. The van der Waals surface area contributed by atoms with Crippen LogP contribution in [0.1, 0.15) is 0 Å². The van der Waals surface area contributed by atoms with Crippen LogP contribution in [0.2, 0.25) is 0 Å². The van der Waals surface area contributed by atoms with Gasteiger partial charge in [0, 0.05) is 42.2 Å². The largest absolute Gasteiger partial charge is 0.324 e. The first-order valence-electron chi connectivity index (χ1n) is 6.93. The van der Waals surface area contributed by atoms with Gasteiger partial charge in [-0.25, -0.2) is 24.3 Å². The normalized spacial score (nSPS) is 10.8. The molecule has 0 amide bonds. The summed E-state index contributed by atoms with van der Waals surface area (Å²) in [6, 6.07) is 7.93. The van der Waals surface area contributed by atoms with E-state index in [1.54, 1.807) is 36.8 Å². The molecule has 3 heterocycles. The molecule has 3 aromatic heterocycles. The van der Waals surface area contributed by atoms with Crippen molar-refractivity contribution >= 4 is 17.4 Å². The maximum atomic E-state index is 13.2. The number of hydrogen-bond donors (Lipinski definition) is 1. The van der Waals surface area contributed by atoms with Gasteiger partial charge in [-0.1, -0.05) is 6.07 Å². The molecule has 112 valence electrons. The number of aromatic nitrogens is 5. The van der Waals surface area contributed by atoms with Gasteiger partial charge < -0.3 is 5.32 Å². The standard InChI is InChI=1S/C16H11FN6/c17-12-2-1-3-13(8-12)21-15-18-5-4-14(22-15)11-9-20-16-19-6-7-23(16)10-11/h1-10H,(H,18,21,22). The van der Waals surface area contributed by atoms with E-state index in [-0.39, 0.29) is 5.82 Å². The lowest BCUT2D eigenvalue weighted by atomic mass is 10.2. The number of imidazole rings is 1. The summed E-state index contributed by atoms with van der Waals surface area (Å²) in [5.41, 5.74) is 2.13. The second-order valence-electron chi connectivity index (χ2n) is 4.88. The van der Waals surface area contributed by atoms with Crippen molar-refractivity contribution in [1.29, 1.82) is 0 Å². The average Bonchev–Trinajstić information content (AvgIpc) is 3.03. The van der Waals surface area contributed by atoms with E-state index in [2.05, 4.69) is 25.3 Å². The molecule has 0 bridgehead atoms. The Morgan fingerprint density at radius 1 is 1.04 bits per heavy atom. The summed E-state index contributed by atoms with van der Waals surface area (Å²) in [4.78, 5) is 17.0. The molecular formula is C16H11FN6. The number of nitrogens with one attached hydrogen (secondary N) is 1. The van der Waals surface area contributed by atoms with Crippen molar-refractivity contribution in [3.8, 4) is 11.3 Å². The van der Waals surface area contributed by atoms with Crippen LogP contribution >= 0.6 is 0 Å². The molecule has 1 aromatic carbocycles. The lowest BCUT2D eigenvalue weighted by Gasteiger charge is -2.07. The maximum absolute atomic E-state index is 13.2. The highest BCUT2D eigenvalue weighted by Crippen LogP contribution is 2.19. The fourth-order valence-electron chi connectivity index (χ4n) is 2.22. The molecule has 23 heavy (non-hydrogen) atoms. The summed E-state index contributed by atoms with van der Waals surface area (Å²) in [7, 11) is 0. The number of hydrogen-bond acceptors (Lipinski definition) is 5. The Morgan fingerprint density at radius 2 is 2.00 bits per heavy atom. The zero-order valence-corrected chi connectivity index (χ0v) is 11.9. The van der Waals surface area contributed by atoms with Crippen molar-refractivity contribution < 1.29 is 4.39 Å². The molecule has 4 rings (SSSR count). The number of anilines is 2.